The molecule has 2 aliphatic rings. The molecule has 1 aliphatic heterocycles. The predicted octanol–water partition coefficient (Wildman–Crippen LogP) is 5.31. The Labute approximate surface area is 206 Å². The van der Waals surface area contributed by atoms with Crippen molar-refractivity contribution in [3.63, 3.8) is 0 Å². The van der Waals surface area contributed by atoms with Crippen LogP contribution in [0, 0.1) is 17.6 Å². The minimum atomic E-state index is -0.895. The third kappa shape index (κ3) is 3.97. The molecule has 1 aliphatic carbocycles. The van der Waals surface area contributed by atoms with Crippen LogP contribution in [-0.4, -0.2) is 47.5 Å². The number of nitrogens with zero attached hydrogens (tertiary/aromatic N) is 2. The SMILES string of the molecule is COC(=O)[C@H]1C[C@H](Nc2nc(C3CCOCC3)c(-c3ccc(F)c(F)c3)c3cc4cn[nH]c4cc23)C1. The molecule has 2 N–H and O–H groups in total. The lowest BCUT2D eigenvalue weighted by Crippen LogP contribution is -2.40. The summed E-state index contributed by atoms with van der Waals surface area (Å²) in [4.78, 5) is 17.0. The Morgan fingerprint density at radius 3 is 2.67 bits per heavy atom. The van der Waals surface area contributed by atoms with E-state index in [9.17, 15) is 13.6 Å². The first-order chi connectivity index (χ1) is 17.5. The topological polar surface area (TPSA) is 89.1 Å². The predicted molar refractivity (Wildman–Crippen MR) is 132 cm³/mol. The first kappa shape index (κ1) is 22.8. The van der Waals surface area contributed by atoms with Crippen molar-refractivity contribution in [1.29, 1.82) is 0 Å². The molecule has 3 heterocycles. The van der Waals surface area contributed by atoms with Crippen LogP contribution in [0.15, 0.2) is 36.5 Å². The smallest absolute Gasteiger partial charge is 0.308 e. The molecule has 4 aromatic rings. The van der Waals surface area contributed by atoms with Crippen LogP contribution in [-0.2, 0) is 14.3 Å². The average molecular weight is 493 g/mol. The molecule has 1 saturated heterocycles. The molecule has 2 aromatic heterocycles. The molecule has 36 heavy (non-hydrogen) atoms. The fourth-order valence-corrected chi connectivity index (χ4v) is 5.39. The summed E-state index contributed by atoms with van der Waals surface area (Å²) < 4.78 is 38.7. The van der Waals surface area contributed by atoms with Gasteiger partial charge in [-0.05, 0) is 60.9 Å². The lowest BCUT2D eigenvalue weighted by atomic mass is 9.80. The van der Waals surface area contributed by atoms with Crippen LogP contribution in [0.5, 0.6) is 0 Å². The number of hydrogen-bond acceptors (Lipinski definition) is 6. The minimum Gasteiger partial charge on any atom is -0.469 e. The molecule has 0 radical (unpaired) electrons. The number of benzene rings is 2. The van der Waals surface area contributed by atoms with E-state index in [1.807, 2.05) is 12.1 Å². The van der Waals surface area contributed by atoms with Crippen molar-refractivity contribution in [2.24, 2.45) is 5.92 Å². The molecule has 0 spiro atoms. The standard InChI is InChI=1S/C27H26F2N4O3/c1-35-27(34)16-8-18(9-16)31-26-20-12-23-17(13-30-33-23)10-19(20)24(15-2-3-21(28)22(29)11-15)25(32-26)14-4-6-36-7-5-14/h2-3,10-14,16,18H,4-9H2,1H3,(H,30,33)(H,31,32)/t16-,18-. The van der Waals surface area contributed by atoms with Gasteiger partial charge in [-0.25, -0.2) is 13.8 Å². The zero-order valence-electron chi connectivity index (χ0n) is 19.8. The molecule has 2 aromatic carbocycles. The summed E-state index contributed by atoms with van der Waals surface area (Å²) in [5.74, 6) is -1.27. The number of pyridine rings is 1. The average Bonchev–Trinajstić information content (AvgIpc) is 3.33. The van der Waals surface area contributed by atoms with E-state index in [2.05, 4.69) is 15.5 Å². The van der Waals surface area contributed by atoms with Gasteiger partial charge < -0.3 is 14.8 Å². The van der Waals surface area contributed by atoms with E-state index in [4.69, 9.17) is 14.5 Å². The van der Waals surface area contributed by atoms with E-state index in [-0.39, 0.29) is 23.8 Å². The summed E-state index contributed by atoms with van der Waals surface area (Å²) in [7, 11) is 1.41. The Hall–Kier alpha value is -3.59. The third-order valence-corrected chi connectivity index (χ3v) is 7.42. The number of nitrogens with one attached hydrogen (secondary N) is 2. The highest BCUT2D eigenvalue weighted by Crippen LogP contribution is 2.43. The Bertz CT molecular complexity index is 1460. The second-order valence-corrected chi connectivity index (χ2v) is 9.62. The van der Waals surface area contributed by atoms with Gasteiger partial charge in [0.05, 0.1) is 30.4 Å². The number of rotatable bonds is 5. The lowest BCUT2D eigenvalue weighted by Gasteiger charge is -2.35. The van der Waals surface area contributed by atoms with Crippen LogP contribution in [0.4, 0.5) is 14.6 Å². The highest BCUT2D eigenvalue weighted by molar-refractivity contribution is 6.09. The van der Waals surface area contributed by atoms with Crippen LogP contribution in [0.25, 0.3) is 32.8 Å². The van der Waals surface area contributed by atoms with Gasteiger partial charge in [0.15, 0.2) is 11.6 Å². The molecule has 7 nitrogen and oxygen atoms in total. The maximum atomic E-state index is 14.4. The molecule has 0 bridgehead atoms. The number of esters is 1. The molecule has 0 atom stereocenters. The number of methoxy groups -OCH3 is 1. The van der Waals surface area contributed by atoms with Crippen molar-refractivity contribution in [3.05, 3.63) is 53.9 Å². The highest BCUT2D eigenvalue weighted by atomic mass is 19.2. The number of hydrogen-bond donors (Lipinski definition) is 2. The Morgan fingerprint density at radius 2 is 1.92 bits per heavy atom. The number of ether oxygens (including phenoxy) is 2. The van der Waals surface area contributed by atoms with Crippen LogP contribution in [0.2, 0.25) is 0 Å². The second-order valence-electron chi connectivity index (χ2n) is 9.62. The van der Waals surface area contributed by atoms with Gasteiger partial charge in [-0.2, -0.15) is 5.10 Å². The van der Waals surface area contributed by atoms with Gasteiger partial charge in [-0.15, -0.1) is 0 Å². The van der Waals surface area contributed by atoms with E-state index in [1.54, 1.807) is 12.3 Å². The third-order valence-electron chi connectivity index (χ3n) is 7.42. The summed E-state index contributed by atoms with van der Waals surface area (Å²) in [6.45, 7) is 1.24. The van der Waals surface area contributed by atoms with E-state index >= 15 is 0 Å². The minimum absolute atomic E-state index is 0.0823. The van der Waals surface area contributed by atoms with Gasteiger partial charge in [0, 0.05) is 41.5 Å². The Morgan fingerprint density at radius 1 is 1.11 bits per heavy atom. The normalized spacial score (nSPS) is 20.4. The first-order valence-electron chi connectivity index (χ1n) is 12.2. The molecular weight excluding hydrogens is 466 g/mol. The zero-order valence-corrected chi connectivity index (χ0v) is 19.8. The number of aromatic amines is 1. The molecule has 0 amide bonds. The maximum Gasteiger partial charge on any atom is 0.308 e. The molecule has 0 unspecified atom stereocenters. The van der Waals surface area contributed by atoms with Crippen LogP contribution in [0.1, 0.15) is 37.3 Å². The van der Waals surface area contributed by atoms with Crippen molar-refractivity contribution in [2.45, 2.75) is 37.6 Å². The van der Waals surface area contributed by atoms with Crippen LogP contribution >= 0.6 is 0 Å². The van der Waals surface area contributed by atoms with Crippen LogP contribution < -0.4 is 5.32 Å². The lowest BCUT2D eigenvalue weighted by molar-refractivity contribution is -0.148. The quantitative estimate of drug-likeness (QED) is 0.367. The van der Waals surface area contributed by atoms with Gasteiger partial charge in [-0.3, -0.25) is 9.89 Å². The van der Waals surface area contributed by atoms with Crippen molar-refractivity contribution >= 4 is 33.5 Å². The molecular formula is C27H26F2N4O3. The molecule has 2 fully saturated rings. The number of fused-ring (bicyclic) bond motifs is 2. The van der Waals surface area contributed by atoms with Gasteiger partial charge in [0.1, 0.15) is 5.82 Å². The zero-order chi connectivity index (χ0) is 24.8. The summed E-state index contributed by atoms with van der Waals surface area (Å²) in [6.07, 6.45) is 4.66. The van der Waals surface area contributed by atoms with Gasteiger partial charge >= 0.3 is 5.97 Å². The van der Waals surface area contributed by atoms with Crippen molar-refractivity contribution in [1.82, 2.24) is 15.2 Å². The monoisotopic (exact) mass is 492 g/mol. The fourth-order valence-electron chi connectivity index (χ4n) is 5.39. The van der Waals surface area contributed by atoms with E-state index in [0.29, 0.717) is 37.4 Å². The molecule has 1 saturated carbocycles. The highest BCUT2D eigenvalue weighted by Gasteiger charge is 2.36. The van der Waals surface area contributed by atoms with E-state index in [1.165, 1.54) is 13.2 Å². The molecule has 9 heteroatoms. The van der Waals surface area contributed by atoms with E-state index < -0.39 is 11.6 Å². The van der Waals surface area contributed by atoms with Crippen molar-refractivity contribution < 1.29 is 23.0 Å². The van der Waals surface area contributed by atoms with Crippen molar-refractivity contribution in [2.75, 3.05) is 25.6 Å². The van der Waals surface area contributed by atoms with Crippen LogP contribution in [0.3, 0.4) is 0 Å². The maximum absolute atomic E-state index is 14.4. The molecule has 6 rings (SSSR count). The summed E-state index contributed by atoms with van der Waals surface area (Å²) >= 11 is 0. The summed E-state index contributed by atoms with van der Waals surface area (Å²) in [6, 6.07) is 8.11. The number of carbonyl (C=O) groups excluding carboxylic acids is 1. The Kier molecular flexibility index (Phi) is 5.79. The van der Waals surface area contributed by atoms with Crippen molar-refractivity contribution in [3.8, 4) is 11.1 Å². The largest absolute Gasteiger partial charge is 0.469 e. The number of carbonyl (C=O) groups is 1. The number of anilines is 1. The Balaban J connectivity index is 1.54. The summed E-state index contributed by atoms with van der Waals surface area (Å²) in [5.41, 5.74) is 3.07. The van der Waals surface area contributed by atoms with Gasteiger partial charge in [0.25, 0.3) is 0 Å². The number of aromatic nitrogens is 3. The number of halogens is 2. The molecule has 186 valence electrons. The van der Waals surface area contributed by atoms with E-state index in [0.717, 1.165) is 51.8 Å². The van der Waals surface area contributed by atoms with Gasteiger partial charge in [0.2, 0.25) is 0 Å². The fraction of sp³-hybridized carbons (Fsp3) is 0.370. The first-order valence-corrected chi connectivity index (χ1v) is 12.2. The number of H-pyrrole nitrogens is 1. The second kappa shape index (κ2) is 9.13. The van der Waals surface area contributed by atoms with Gasteiger partial charge in [-0.1, -0.05) is 6.07 Å². The summed E-state index contributed by atoms with van der Waals surface area (Å²) in [5, 5.41) is 13.4.